The summed E-state index contributed by atoms with van der Waals surface area (Å²) in [6, 6.07) is 3.83. The van der Waals surface area contributed by atoms with Gasteiger partial charge in [-0.3, -0.25) is 4.98 Å². The zero-order valence-corrected chi connectivity index (χ0v) is 14.0. The molecular formula is C17H16N4O4. The highest BCUT2D eigenvalue weighted by Gasteiger charge is 2.16. The van der Waals surface area contributed by atoms with Gasteiger partial charge < -0.3 is 14.0 Å². The normalized spacial score (nSPS) is 10.5. The van der Waals surface area contributed by atoms with Gasteiger partial charge in [0.15, 0.2) is 5.69 Å². The lowest BCUT2D eigenvalue weighted by molar-refractivity contribution is 0.0593. The minimum atomic E-state index is -0.553. The lowest BCUT2D eigenvalue weighted by atomic mass is 10.1. The maximum atomic E-state index is 11.3. The van der Waals surface area contributed by atoms with E-state index in [-0.39, 0.29) is 18.2 Å². The molecule has 0 spiro atoms. The molecule has 0 aliphatic heterocycles. The summed E-state index contributed by atoms with van der Waals surface area (Å²) in [7, 11) is 1.28. The van der Waals surface area contributed by atoms with Crippen LogP contribution >= 0.6 is 0 Å². The SMILES string of the molecule is COC(=O)c1cnc(OCc2c(-c3ccc(C)nc3)noc2C)cn1. The first-order chi connectivity index (χ1) is 12.1. The fourth-order valence-electron chi connectivity index (χ4n) is 2.14. The van der Waals surface area contributed by atoms with Gasteiger partial charge >= 0.3 is 5.97 Å². The van der Waals surface area contributed by atoms with Gasteiger partial charge in [0.25, 0.3) is 0 Å². The molecular weight excluding hydrogens is 324 g/mol. The summed E-state index contributed by atoms with van der Waals surface area (Å²) in [5.74, 6) is 0.374. The van der Waals surface area contributed by atoms with E-state index in [1.54, 1.807) is 6.20 Å². The van der Waals surface area contributed by atoms with Crippen LogP contribution in [0, 0.1) is 13.8 Å². The highest BCUT2D eigenvalue weighted by Crippen LogP contribution is 2.25. The number of aryl methyl sites for hydroxylation is 2. The molecule has 3 aromatic rings. The molecule has 0 amide bonds. The lowest BCUT2D eigenvalue weighted by Gasteiger charge is -2.06. The molecule has 3 rings (SSSR count). The summed E-state index contributed by atoms with van der Waals surface area (Å²) < 4.78 is 15.5. The van der Waals surface area contributed by atoms with Gasteiger partial charge in [-0.2, -0.15) is 0 Å². The molecule has 0 radical (unpaired) electrons. The first kappa shape index (κ1) is 16.6. The molecule has 25 heavy (non-hydrogen) atoms. The smallest absolute Gasteiger partial charge is 0.358 e. The van der Waals surface area contributed by atoms with Crippen LogP contribution in [0.2, 0.25) is 0 Å². The summed E-state index contributed by atoms with van der Waals surface area (Å²) in [5, 5.41) is 4.08. The maximum Gasteiger partial charge on any atom is 0.358 e. The molecule has 8 nitrogen and oxygen atoms in total. The molecule has 128 valence electrons. The third-order valence-electron chi connectivity index (χ3n) is 3.56. The number of ether oxygens (including phenoxy) is 2. The average Bonchev–Trinajstić information content (AvgIpc) is 3.01. The predicted molar refractivity (Wildman–Crippen MR) is 86.9 cm³/mol. The number of hydrogen-bond donors (Lipinski definition) is 0. The van der Waals surface area contributed by atoms with Crippen molar-refractivity contribution in [3.05, 3.63) is 53.4 Å². The van der Waals surface area contributed by atoms with E-state index < -0.39 is 5.97 Å². The minimum absolute atomic E-state index is 0.113. The summed E-state index contributed by atoms with van der Waals surface area (Å²) in [6.07, 6.45) is 4.40. The standard InChI is InChI=1S/C17H16N4O4/c1-10-4-5-12(6-18-10)16-13(11(2)25-21-16)9-24-15-8-19-14(7-20-15)17(22)23-3/h4-8H,9H2,1-3H3. The van der Waals surface area contributed by atoms with Crippen LogP contribution in [-0.2, 0) is 11.3 Å². The van der Waals surface area contributed by atoms with Crippen molar-refractivity contribution in [2.75, 3.05) is 7.11 Å². The average molecular weight is 340 g/mol. The van der Waals surface area contributed by atoms with E-state index in [9.17, 15) is 4.79 Å². The van der Waals surface area contributed by atoms with E-state index >= 15 is 0 Å². The van der Waals surface area contributed by atoms with Gasteiger partial charge in [0.2, 0.25) is 5.88 Å². The first-order valence-electron chi connectivity index (χ1n) is 7.50. The lowest BCUT2D eigenvalue weighted by Crippen LogP contribution is -2.06. The Morgan fingerprint density at radius 1 is 1.12 bits per heavy atom. The summed E-state index contributed by atoms with van der Waals surface area (Å²) in [6.45, 7) is 3.92. The Bertz CT molecular complexity index is 873. The van der Waals surface area contributed by atoms with Crippen molar-refractivity contribution in [3.8, 4) is 17.1 Å². The van der Waals surface area contributed by atoms with Crippen LogP contribution in [0.25, 0.3) is 11.3 Å². The van der Waals surface area contributed by atoms with Gasteiger partial charge in [-0.15, -0.1) is 0 Å². The molecule has 0 aliphatic rings. The number of methoxy groups -OCH3 is 1. The zero-order chi connectivity index (χ0) is 17.8. The van der Waals surface area contributed by atoms with Crippen molar-refractivity contribution in [2.45, 2.75) is 20.5 Å². The topological polar surface area (TPSA) is 100 Å². The van der Waals surface area contributed by atoms with Crippen LogP contribution in [-0.4, -0.2) is 33.2 Å². The number of pyridine rings is 1. The number of nitrogens with zero attached hydrogens (tertiary/aromatic N) is 4. The van der Waals surface area contributed by atoms with Gasteiger partial charge in [-0.05, 0) is 26.0 Å². The molecule has 0 saturated carbocycles. The van der Waals surface area contributed by atoms with Crippen LogP contribution in [0.4, 0.5) is 0 Å². The van der Waals surface area contributed by atoms with Gasteiger partial charge in [0.05, 0.1) is 25.1 Å². The monoisotopic (exact) mass is 340 g/mol. The first-order valence-corrected chi connectivity index (χ1v) is 7.50. The summed E-state index contributed by atoms with van der Waals surface area (Å²) in [5.41, 5.74) is 3.34. The van der Waals surface area contributed by atoms with Crippen LogP contribution in [0.5, 0.6) is 5.88 Å². The largest absolute Gasteiger partial charge is 0.471 e. The third kappa shape index (κ3) is 3.63. The molecule has 3 heterocycles. The van der Waals surface area contributed by atoms with E-state index in [1.807, 2.05) is 26.0 Å². The number of carbonyl (C=O) groups excluding carboxylic acids is 1. The summed E-state index contributed by atoms with van der Waals surface area (Å²) in [4.78, 5) is 23.6. The van der Waals surface area contributed by atoms with Crippen molar-refractivity contribution in [1.82, 2.24) is 20.1 Å². The Morgan fingerprint density at radius 2 is 1.96 bits per heavy atom. The second-order valence-corrected chi connectivity index (χ2v) is 5.27. The van der Waals surface area contributed by atoms with Crippen molar-refractivity contribution >= 4 is 5.97 Å². The number of rotatable bonds is 5. The van der Waals surface area contributed by atoms with E-state index in [4.69, 9.17) is 9.26 Å². The maximum absolute atomic E-state index is 11.3. The van der Waals surface area contributed by atoms with Crippen molar-refractivity contribution in [2.24, 2.45) is 0 Å². The van der Waals surface area contributed by atoms with Crippen molar-refractivity contribution in [1.29, 1.82) is 0 Å². The minimum Gasteiger partial charge on any atom is -0.471 e. The Kier molecular flexibility index (Phi) is 4.69. The van der Waals surface area contributed by atoms with Gasteiger partial charge in [-0.25, -0.2) is 14.8 Å². The Labute approximate surface area is 143 Å². The van der Waals surface area contributed by atoms with Gasteiger partial charge in [0, 0.05) is 17.5 Å². The molecule has 0 N–H and O–H groups in total. The Balaban J connectivity index is 1.76. The molecule has 0 saturated heterocycles. The molecule has 0 atom stereocenters. The third-order valence-corrected chi connectivity index (χ3v) is 3.56. The molecule has 0 bridgehead atoms. The zero-order valence-electron chi connectivity index (χ0n) is 14.0. The second kappa shape index (κ2) is 7.08. The van der Waals surface area contributed by atoms with E-state index in [2.05, 4.69) is 24.8 Å². The Morgan fingerprint density at radius 3 is 2.60 bits per heavy atom. The number of carbonyl (C=O) groups is 1. The molecule has 8 heteroatoms. The van der Waals surface area contributed by atoms with Crippen molar-refractivity contribution in [3.63, 3.8) is 0 Å². The molecule has 0 aliphatic carbocycles. The van der Waals surface area contributed by atoms with Gasteiger partial charge in [-0.1, -0.05) is 5.16 Å². The van der Waals surface area contributed by atoms with Gasteiger partial charge in [0.1, 0.15) is 18.1 Å². The predicted octanol–water partition coefficient (Wildman–Crippen LogP) is 2.51. The summed E-state index contributed by atoms with van der Waals surface area (Å²) >= 11 is 0. The quantitative estimate of drug-likeness (QED) is 0.653. The van der Waals surface area contributed by atoms with E-state index in [1.165, 1.54) is 19.5 Å². The van der Waals surface area contributed by atoms with E-state index in [0.29, 0.717) is 11.5 Å². The number of aromatic nitrogens is 4. The van der Waals surface area contributed by atoms with Crippen molar-refractivity contribution < 1.29 is 18.8 Å². The molecule has 3 aromatic heterocycles. The van der Waals surface area contributed by atoms with Crippen LogP contribution in [0.15, 0.2) is 35.2 Å². The molecule has 0 aromatic carbocycles. The highest BCUT2D eigenvalue weighted by molar-refractivity contribution is 5.86. The fourth-order valence-corrected chi connectivity index (χ4v) is 2.14. The van der Waals surface area contributed by atoms with Crippen LogP contribution in [0.1, 0.15) is 27.5 Å². The van der Waals surface area contributed by atoms with E-state index in [0.717, 1.165) is 16.8 Å². The highest BCUT2D eigenvalue weighted by atomic mass is 16.5. The van der Waals surface area contributed by atoms with Crippen LogP contribution in [0.3, 0.4) is 0 Å². The second-order valence-electron chi connectivity index (χ2n) is 5.27. The number of hydrogen-bond acceptors (Lipinski definition) is 8. The number of esters is 1. The Hall–Kier alpha value is -3.29. The molecule has 0 unspecified atom stereocenters. The van der Waals surface area contributed by atoms with Crippen LogP contribution < -0.4 is 4.74 Å². The fraction of sp³-hybridized carbons (Fsp3) is 0.235. The molecule has 0 fully saturated rings.